The number of anilines is 1. The molecule has 108 valence electrons. The molecule has 0 aromatic heterocycles. The number of nitro benzene ring substituents is 1. The standard InChI is InChI=1S/C15H13ClN2O3/c1-9-6-10(2)8-11(7-9)17-15(19)12-4-3-5-13(14(12)16)18(20)21/h3-8H,1-2H3,(H,17,19). The quantitative estimate of drug-likeness (QED) is 0.685. The molecule has 21 heavy (non-hydrogen) atoms. The Morgan fingerprint density at radius 2 is 1.81 bits per heavy atom. The summed E-state index contributed by atoms with van der Waals surface area (Å²) >= 11 is 5.92. The monoisotopic (exact) mass is 304 g/mol. The Labute approximate surface area is 126 Å². The van der Waals surface area contributed by atoms with Crippen LogP contribution in [-0.4, -0.2) is 10.8 Å². The zero-order valence-corrected chi connectivity index (χ0v) is 12.3. The number of rotatable bonds is 3. The molecule has 0 heterocycles. The van der Waals surface area contributed by atoms with Crippen LogP contribution in [0.3, 0.4) is 0 Å². The Kier molecular flexibility index (Phi) is 4.23. The minimum atomic E-state index is -0.615. The van der Waals surface area contributed by atoms with Crippen molar-refractivity contribution in [3.8, 4) is 0 Å². The summed E-state index contributed by atoms with van der Waals surface area (Å²) in [7, 11) is 0. The third kappa shape index (κ3) is 3.38. The number of hydrogen-bond acceptors (Lipinski definition) is 3. The van der Waals surface area contributed by atoms with Gasteiger partial charge in [0, 0.05) is 11.8 Å². The summed E-state index contributed by atoms with van der Waals surface area (Å²) in [6.07, 6.45) is 0. The molecule has 0 saturated carbocycles. The number of carbonyl (C=O) groups excluding carboxylic acids is 1. The lowest BCUT2D eigenvalue weighted by Crippen LogP contribution is -2.13. The number of aryl methyl sites for hydroxylation is 2. The molecule has 0 atom stereocenters. The highest BCUT2D eigenvalue weighted by molar-refractivity contribution is 6.36. The number of halogens is 1. The zero-order chi connectivity index (χ0) is 15.6. The summed E-state index contributed by atoms with van der Waals surface area (Å²) in [6, 6.07) is 9.76. The molecular weight excluding hydrogens is 292 g/mol. The van der Waals surface area contributed by atoms with Crippen molar-refractivity contribution in [3.05, 3.63) is 68.2 Å². The lowest BCUT2D eigenvalue weighted by atomic mass is 10.1. The van der Waals surface area contributed by atoms with Crippen molar-refractivity contribution in [1.29, 1.82) is 0 Å². The molecule has 0 aliphatic heterocycles. The first-order chi connectivity index (χ1) is 9.88. The van der Waals surface area contributed by atoms with Gasteiger partial charge in [0.1, 0.15) is 5.02 Å². The van der Waals surface area contributed by atoms with E-state index in [4.69, 9.17) is 11.6 Å². The van der Waals surface area contributed by atoms with Crippen LogP contribution in [0.1, 0.15) is 21.5 Å². The Morgan fingerprint density at radius 1 is 1.19 bits per heavy atom. The van der Waals surface area contributed by atoms with Gasteiger partial charge in [-0.2, -0.15) is 0 Å². The number of nitro groups is 1. The van der Waals surface area contributed by atoms with Crippen molar-refractivity contribution in [2.24, 2.45) is 0 Å². The predicted octanol–water partition coefficient (Wildman–Crippen LogP) is 4.12. The number of nitrogens with zero attached hydrogens (tertiary/aromatic N) is 1. The number of hydrogen-bond donors (Lipinski definition) is 1. The van der Waals surface area contributed by atoms with Crippen LogP contribution in [-0.2, 0) is 0 Å². The summed E-state index contributed by atoms with van der Waals surface area (Å²) in [5, 5.41) is 13.4. The molecule has 0 spiro atoms. The van der Waals surface area contributed by atoms with E-state index in [0.717, 1.165) is 11.1 Å². The van der Waals surface area contributed by atoms with E-state index in [9.17, 15) is 14.9 Å². The summed E-state index contributed by atoms with van der Waals surface area (Å²) in [6.45, 7) is 3.84. The molecule has 2 aromatic rings. The SMILES string of the molecule is Cc1cc(C)cc(NC(=O)c2cccc([N+](=O)[O-])c2Cl)c1. The number of benzene rings is 2. The van der Waals surface area contributed by atoms with Gasteiger partial charge in [-0.3, -0.25) is 14.9 Å². The van der Waals surface area contributed by atoms with Crippen LogP contribution in [0.2, 0.25) is 5.02 Å². The molecule has 0 radical (unpaired) electrons. The second kappa shape index (κ2) is 5.93. The van der Waals surface area contributed by atoms with Crippen molar-refractivity contribution in [2.75, 3.05) is 5.32 Å². The molecule has 0 aliphatic rings. The van der Waals surface area contributed by atoms with Gasteiger partial charge in [0.2, 0.25) is 0 Å². The van der Waals surface area contributed by atoms with E-state index >= 15 is 0 Å². The highest BCUT2D eigenvalue weighted by Gasteiger charge is 2.19. The molecule has 6 heteroatoms. The van der Waals surface area contributed by atoms with E-state index in [0.29, 0.717) is 5.69 Å². The van der Waals surface area contributed by atoms with Gasteiger partial charge in [-0.1, -0.05) is 23.7 Å². The van der Waals surface area contributed by atoms with Gasteiger partial charge in [-0.25, -0.2) is 0 Å². The Morgan fingerprint density at radius 3 is 2.38 bits per heavy atom. The average molecular weight is 305 g/mol. The number of nitrogens with one attached hydrogen (secondary N) is 1. The number of carbonyl (C=O) groups is 1. The summed E-state index contributed by atoms with van der Waals surface area (Å²) < 4.78 is 0. The van der Waals surface area contributed by atoms with Gasteiger partial charge in [0.05, 0.1) is 10.5 Å². The maximum absolute atomic E-state index is 12.2. The molecule has 0 aliphatic carbocycles. The van der Waals surface area contributed by atoms with Gasteiger partial charge in [0.15, 0.2) is 0 Å². The maximum Gasteiger partial charge on any atom is 0.288 e. The molecule has 1 N–H and O–H groups in total. The molecule has 0 bridgehead atoms. The van der Waals surface area contributed by atoms with Crippen LogP contribution in [0.5, 0.6) is 0 Å². The predicted molar refractivity (Wildman–Crippen MR) is 82.0 cm³/mol. The lowest BCUT2D eigenvalue weighted by Gasteiger charge is -2.08. The summed E-state index contributed by atoms with van der Waals surface area (Å²) in [4.78, 5) is 22.4. The number of amides is 1. The molecule has 0 unspecified atom stereocenters. The first-order valence-corrected chi connectivity index (χ1v) is 6.59. The third-order valence-corrected chi connectivity index (χ3v) is 3.30. The van der Waals surface area contributed by atoms with Crippen molar-refractivity contribution >= 4 is 28.9 Å². The molecule has 0 saturated heterocycles. The van der Waals surface area contributed by atoms with Gasteiger partial charge in [-0.05, 0) is 43.2 Å². The maximum atomic E-state index is 12.2. The van der Waals surface area contributed by atoms with Gasteiger partial charge < -0.3 is 5.32 Å². The van der Waals surface area contributed by atoms with Gasteiger partial charge in [0.25, 0.3) is 11.6 Å². The Bertz CT molecular complexity index is 709. The van der Waals surface area contributed by atoms with Gasteiger partial charge in [-0.15, -0.1) is 0 Å². The van der Waals surface area contributed by atoms with Crippen LogP contribution in [0.4, 0.5) is 11.4 Å². The van der Waals surface area contributed by atoms with Gasteiger partial charge >= 0.3 is 0 Å². The normalized spacial score (nSPS) is 10.2. The molecule has 2 rings (SSSR count). The van der Waals surface area contributed by atoms with Crippen LogP contribution in [0.25, 0.3) is 0 Å². The fourth-order valence-electron chi connectivity index (χ4n) is 2.08. The summed E-state index contributed by atoms with van der Waals surface area (Å²) in [5.74, 6) is -0.478. The fourth-order valence-corrected chi connectivity index (χ4v) is 2.36. The minimum Gasteiger partial charge on any atom is -0.322 e. The fraction of sp³-hybridized carbons (Fsp3) is 0.133. The van der Waals surface area contributed by atoms with Crippen LogP contribution >= 0.6 is 11.6 Å². The van der Waals surface area contributed by atoms with E-state index < -0.39 is 10.8 Å². The van der Waals surface area contributed by atoms with Crippen molar-refractivity contribution < 1.29 is 9.72 Å². The highest BCUT2D eigenvalue weighted by atomic mass is 35.5. The van der Waals surface area contributed by atoms with Crippen molar-refractivity contribution in [3.63, 3.8) is 0 Å². The molecular formula is C15H13ClN2O3. The lowest BCUT2D eigenvalue weighted by molar-refractivity contribution is -0.384. The minimum absolute atomic E-state index is 0.0741. The van der Waals surface area contributed by atoms with Crippen LogP contribution in [0.15, 0.2) is 36.4 Å². The zero-order valence-electron chi connectivity index (χ0n) is 11.5. The van der Waals surface area contributed by atoms with E-state index in [1.807, 2.05) is 32.0 Å². The average Bonchev–Trinajstić information content (AvgIpc) is 2.37. The molecule has 0 fully saturated rings. The van der Waals surface area contributed by atoms with E-state index in [1.165, 1.54) is 18.2 Å². The van der Waals surface area contributed by atoms with Crippen molar-refractivity contribution in [2.45, 2.75) is 13.8 Å². The highest BCUT2D eigenvalue weighted by Crippen LogP contribution is 2.28. The first kappa shape index (κ1) is 15.0. The molecule has 5 nitrogen and oxygen atoms in total. The smallest absolute Gasteiger partial charge is 0.288 e. The first-order valence-electron chi connectivity index (χ1n) is 6.21. The summed E-state index contributed by atoms with van der Waals surface area (Å²) in [5.41, 5.74) is 2.43. The van der Waals surface area contributed by atoms with Crippen LogP contribution < -0.4 is 5.32 Å². The van der Waals surface area contributed by atoms with E-state index in [-0.39, 0.29) is 16.3 Å². The third-order valence-electron chi connectivity index (χ3n) is 2.90. The van der Waals surface area contributed by atoms with Crippen LogP contribution in [0, 0.1) is 24.0 Å². The Hall–Kier alpha value is -2.40. The van der Waals surface area contributed by atoms with E-state index in [2.05, 4.69) is 5.32 Å². The van der Waals surface area contributed by atoms with Crippen molar-refractivity contribution in [1.82, 2.24) is 0 Å². The topological polar surface area (TPSA) is 72.2 Å². The second-order valence-electron chi connectivity index (χ2n) is 4.73. The molecule has 1 amide bonds. The largest absolute Gasteiger partial charge is 0.322 e. The molecule has 2 aromatic carbocycles. The van der Waals surface area contributed by atoms with E-state index in [1.54, 1.807) is 0 Å². The Balaban J connectivity index is 2.33. The second-order valence-corrected chi connectivity index (χ2v) is 5.10.